The predicted octanol–water partition coefficient (Wildman–Crippen LogP) is 2.00. The van der Waals surface area contributed by atoms with Crippen molar-refractivity contribution in [2.24, 2.45) is 0 Å². The molecular formula is C9H4F3NO3. The third kappa shape index (κ3) is 2.42. The van der Waals surface area contributed by atoms with Gasteiger partial charge in [-0.25, -0.2) is 9.18 Å². The summed E-state index contributed by atoms with van der Waals surface area (Å²) in [5.41, 5.74) is -1.34. The molecule has 0 amide bonds. The molecule has 1 N–H and O–H groups in total. The van der Waals surface area contributed by atoms with E-state index < -0.39 is 35.3 Å². The zero-order valence-electron chi connectivity index (χ0n) is 7.58. The molecule has 1 rings (SSSR count). The number of alkyl halides is 2. The summed E-state index contributed by atoms with van der Waals surface area (Å²) in [6.07, 6.45) is 0. The Bertz CT molecular complexity index is 468. The Morgan fingerprint density at radius 3 is 2.56 bits per heavy atom. The van der Waals surface area contributed by atoms with Gasteiger partial charge in [-0.3, -0.25) is 0 Å². The van der Waals surface area contributed by atoms with Gasteiger partial charge in [-0.2, -0.15) is 14.0 Å². The average Bonchev–Trinajstić information content (AvgIpc) is 2.16. The summed E-state index contributed by atoms with van der Waals surface area (Å²) in [4.78, 5) is 10.5. The Kier molecular flexibility index (Phi) is 3.35. The van der Waals surface area contributed by atoms with Crippen molar-refractivity contribution in [3.8, 4) is 11.8 Å². The molecule has 0 atom stereocenters. The van der Waals surface area contributed by atoms with Gasteiger partial charge in [-0.05, 0) is 12.1 Å². The van der Waals surface area contributed by atoms with Gasteiger partial charge < -0.3 is 9.84 Å². The molecule has 0 bridgehead atoms. The number of carboxylic acid groups (broad SMARTS) is 1. The summed E-state index contributed by atoms with van der Waals surface area (Å²) in [5.74, 6) is -3.53. The second-order valence-electron chi connectivity index (χ2n) is 2.63. The summed E-state index contributed by atoms with van der Waals surface area (Å²) >= 11 is 0. The number of benzene rings is 1. The number of hydrogen-bond donors (Lipinski definition) is 1. The minimum absolute atomic E-state index is 0.555. The monoisotopic (exact) mass is 231 g/mol. The van der Waals surface area contributed by atoms with Crippen LogP contribution in [0.15, 0.2) is 12.1 Å². The first-order valence-electron chi connectivity index (χ1n) is 3.87. The van der Waals surface area contributed by atoms with Gasteiger partial charge in [-0.15, -0.1) is 0 Å². The second-order valence-corrected chi connectivity index (χ2v) is 2.63. The fraction of sp³-hybridized carbons (Fsp3) is 0.111. The smallest absolute Gasteiger partial charge is 0.387 e. The van der Waals surface area contributed by atoms with E-state index in [1.807, 2.05) is 0 Å². The number of carboxylic acids is 1. The molecule has 0 unspecified atom stereocenters. The number of halogens is 3. The van der Waals surface area contributed by atoms with Gasteiger partial charge in [0.25, 0.3) is 0 Å². The van der Waals surface area contributed by atoms with Gasteiger partial charge in [0, 0.05) is 0 Å². The summed E-state index contributed by atoms with van der Waals surface area (Å²) in [7, 11) is 0. The first-order valence-corrected chi connectivity index (χ1v) is 3.87. The van der Waals surface area contributed by atoms with E-state index in [9.17, 15) is 18.0 Å². The van der Waals surface area contributed by atoms with Crippen molar-refractivity contribution in [3.63, 3.8) is 0 Å². The Labute approximate surface area is 87.5 Å². The van der Waals surface area contributed by atoms with E-state index in [0.29, 0.717) is 12.1 Å². The molecule has 16 heavy (non-hydrogen) atoms. The second kappa shape index (κ2) is 4.53. The normalized spacial score (nSPS) is 9.94. The van der Waals surface area contributed by atoms with E-state index in [0.717, 1.165) is 0 Å². The van der Waals surface area contributed by atoms with Crippen LogP contribution in [0.5, 0.6) is 5.75 Å². The van der Waals surface area contributed by atoms with Crippen molar-refractivity contribution in [2.75, 3.05) is 0 Å². The molecule has 0 saturated carbocycles. The summed E-state index contributed by atoms with van der Waals surface area (Å²) < 4.78 is 40.8. The van der Waals surface area contributed by atoms with Crippen LogP contribution in [0, 0.1) is 17.1 Å². The lowest BCUT2D eigenvalue weighted by Gasteiger charge is -2.07. The van der Waals surface area contributed by atoms with Crippen LogP contribution in [0.3, 0.4) is 0 Å². The number of ether oxygens (including phenoxy) is 1. The number of nitrogens with zero attached hydrogens (tertiary/aromatic N) is 1. The van der Waals surface area contributed by atoms with E-state index in [-0.39, 0.29) is 0 Å². The van der Waals surface area contributed by atoms with Crippen LogP contribution >= 0.6 is 0 Å². The van der Waals surface area contributed by atoms with Crippen LogP contribution in [0.25, 0.3) is 0 Å². The van der Waals surface area contributed by atoms with Gasteiger partial charge in [0.15, 0.2) is 0 Å². The maximum Gasteiger partial charge on any atom is 0.387 e. The molecule has 0 heterocycles. The first-order chi connectivity index (χ1) is 7.45. The van der Waals surface area contributed by atoms with E-state index in [1.165, 1.54) is 6.07 Å². The Hall–Kier alpha value is -2.23. The van der Waals surface area contributed by atoms with E-state index in [4.69, 9.17) is 10.4 Å². The maximum absolute atomic E-state index is 13.1. The number of rotatable bonds is 3. The summed E-state index contributed by atoms with van der Waals surface area (Å²) in [6.45, 7) is -3.27. The fourth-order valence-corrected chi connectivity index (χ4v) is 1.00. The quantitative estimate of drug-likeness (QED) is 0.863. The SMILES string of the molecule is N#Cc1c(F)cc(C(=O)O)cc1OC(F)F. The molecule has 0 aliphatic carbocycles. The third-order valence-electron chi connectivity index (χ3n) is 1.63. The third-order valence-corrected chi connectivity index (χ3v) is 1.63. The van der Waals surface area contributed by atoms with Crippen LogP contribution in [0.4, 0.5) is 13.2 Å². The number of carbonyl (C=O) groups is 1. The van der Waals surface area contributed by atoms with Crippen molar-refractivity contribution in [2.45, 2.75) is 6.61 Å². The van der Waals surface area contributed by atoms with Crippen molar-refractivity contribution in [1.29, 1.82) is 5.26 Å². The van der Waals surface area contributed by atoms with Crippen LogP contribution in [-0.2, 0) is 0 Å². The Morgan fingerprint density at radius 1 is 1.50 bits per heavy atom. The maximum atomic E-state index is 13.1. The highest BCUT2D eigenvalue weighted by Gasteiger charge is 2.17. The minimum atomic E-state index is -3.27. The summed E-state index contributed by atoms with van der Waals surface area (Å²) in [5, 5.41) is 17.0. The molecule has 1 aromatic carbocycles. The Balaban J connectivity index is 3.32. The van der Waals surface area contributed by atoms with E-state index in [1.54, 1.807) is 0 Å². The van der Waals surface area contributed by atoms with Crippen LogP contribution < -0.4 is 4.74 Å². The lowest BCUT2D eigenvalue weighted by atomic mass is 10.1. The van der Waals surface area contributed by atoms with E-state index in [2.05, 4.69) is 4.74 Å². The van der Waals surface area contributed by atoms with Crippen molar-refractivity contribution in [3.05, 3.63) is 29.1 Å². The highest BCUT2D eigenvalue weighted by atomic mass is 19.3. The van der Waals surface area contributed by atoms with Crippen molar-refractivity contribution < 1.29 is 27.8 Å². The molecule has 0 saturated heterocycles. The largest absolute Gasteiger partial charge is 0.478 e. The van der Waals surface area contributed by atoms with Crippen molar-refractivity contribution in [1.82, 2.24) is 0 Å². The fourth-order valence-electron chi connectivity index (χ4n) is 1.00. The molecule has 1 aromatic rings. The lowest BCUT2D eigenvalue weighted by molar-refractivity contribution is -0.0502. The molecule has 0 spiro atoms. The molecule has 0 aliphatic heterocycles. The highest BCUT2D eigenvalue weighted by Crippen LogP contribution is 2.24. The Morgan fingerprint density at radius 2 is 2.12 bits per heavy atom. The molecule has 4 nitrogen and oxygen atoms in total. The van der Waals surface area contributed by atoms with Crippen LogP contribution in [-0.4, -0.2) is 17.7 Å². The number of aromatic carboxylic acids is 1. The van der Waals surface area contributed by atoms with Gasteiger partial charge in [0.2, 0.25) is 0 Å². The van der Waals surface area contributed by atoms with Crippen LogP contribution in [0.1, 0.15) is 15.9 Å². The predicted molar refractivity (Wildman–Crippen MR) is 44.7 cm³/mol. The molecule has 7 heteroatoms. The topological polar surface area (TPSA) is 70.3 Å². The van der Waals surface area contributed by atoms with Crippen LogP contribution in [0.2, 0.25) is 0 Å². The first kappa shape index (κ1) is 11.8. The van der Waals surface area contributed by atoms with E-state index >= 15 is 0 Å². The molecular weight excluding hydrogens is 227 g/mol. The van der Waals surface area contributed by atoms with Gasteiger partial charge in [0.05, 0.1) is 5.56 Å². The van der Waals surface area contributed by atoms with Gasteiger partial charge in [-0.1, -0.05) is 0 Å². The minimum Gasteiger partial charge on any atom is -0.478 e. The lowest BCUT2D eigenvalue weighted by Crippen LogP contribution is -2.07. The average molecular weight is 231 g/mol. The summed E-state index contributed by atoms with van der Waals surface area (Å²) in [6, 6.07) is 2.53. The van der Waals surface area contributed by atoms with Gasteiger partial charge >= 0.3 is 12.6 Å². The molecule has 84 valence electrons. The highest BCUT2D eigenvalue weighted by molar-refractivity contribution is 5.88. The molecule has 0 fully saturated rings. The zero-order chi connectivity index (χ0) is 12.3. The standard InChI is InChI=1S/C9H4F3NO3/c10-6-1-4(8(14)15)2-7(5(6)3-13)16-9(11)12/h1-2,9H,(H,14,15). The molecule has 0 aromatic heterocycles. The zero-order valence-corrected chi connectivity index (χ0v) is 7.58. The van der Waals surface area contributed by atoms with Gasteiger partial charge in [0.1, 0.15) is 23.2 Å². The van der Waals surface area contributed by atoms with Crippen molar-refractivity contribution >= 4 is 5.97 Å². The number of nitriles is 1. The number of hydrogen-bond acceptors (Lipinski definition) is 3. The molecule has 0 aliphatic rings. The molecule has 0 radical (unpaired) electrons.